The molecule has 1 aromatic carbocycles. The van der Waals surface area contributed by atoms with Crippen LogP contribution in [0.25, 0.3) is 0 Å². The molecule has 0 aliphatic carbocycles. The number of hydrogen-bond donors (Lipinski definition) is 2. The number of anilines is 2. The summed E-state index contributed by atoms with van der Waals surface area (Å²) >= 11 is 0. The average Bonchev–Trinajstić information content (AvgIpc) is 2.53. The summed E-state index contributed by atoms with van der Waals surface area (Å²) in [5, 5.41) is 5.37. The minimum Gasteiger partial charge on any atom is -0.352 e. The molecule has 0 saturated heterocycles. The summed E-state index contributed by atoms with van der Waals surface area (Å²) in [5.41, 5.74) is 0.161. The van der Waals surface area contributed by atoms with Crippen molar-refractivity contribution in [3.63, 3.8) is 0 Å². The summed E-state index contributed by atoms with van der Waals surface area (Å²) in [6.07, 6.45) is -1.31. The van der Waals surface area contributed by atoms with Crippen LogP contribution in [-0.2, 0) is 17.4 Å². The predicted molar refractivity (Wildman–Crippen MR) is 82.4 cm³/mol. The SMILES string of the molecule is CC(CCc1ccc(C(F)(F)F)cc1)Nc1ncnc(NC=O)n1. The maximum atomic E-state index is 12.5. The number of benzene rings is 1. The van der Waals surface area contributed by atoms with Crippen molar-refractivity contribution in [2.24, 2.45) is 0 Å². The Kier molecular flexibility index (Phi) is 5.67. The maximum Gasteiger partial charge on any atom is 0.416 e. The summed E-state index contributed by atoms with van der Waals surface area (Å²) in [5.74, 6) is 0.451. The zero-order valence-electron chi connectivity index (χ0n) is 12.8. The predicted octanol–water partition coefficient (Wildman–Crippen LogP) is 2.89. The number of aryl methyl sites for hydroxylation is 1. The Balaban J connectivity index is 1.87. The van der Waals surface area contributed by atoms with Gasteiger partial charge in [-0.05, 0) is 37.5 Å². The van der Waals surface area contributed by atoms with Crippen molar-refractivity contribution >= 4 is 18.3 Å². The van der Waals surface area contributed by atoms with Crippen molar-refractivity contribution < 1.29 is 18.0 Å². The Morgan fingerprint density at radius 3 is 2.46 bits per heavy atom. The number of alkyl halides is 3. The third-order valence-corrected chi connectivity index (χ3v) is 3.28. The lowest BCUT2D eigenvalue weighted by molar-refractivity contribution is -0.137. The van der Waals surface area contributed by atoms with E-state index in [1.54, 1.807) is 0 Å². The van der Waals surface area contributed by atoms with E-state index in [-0.39, 0.29) is 12.0 Å². The fraction of sp³-hybridized carbons (Fsp3) is 0.333. The topological polar surface area (TPSA) is 79.8 Å². The van der Waals surface area contributed by atoms with Crippen LogP contribution in [-0.4, -0.2) is 27.4 Å². The van der Waals surface area contributed by atoms with Crippen LogP contribution < -0.4 is 10.6 Å². The van der Waals surface area contributed by atoms with Gasteiger partial charge in [-0.15, -0.1) is 0 Å². The van der Waals surface area contributed by atoms with E-state index in [1.807, 2.05) is 6.92 Å². The Morgan fingerprint density at radius 1 is 1.17 bits per heavy atom. The number of nitrogens with one attached hydrogen (secondary N) is 2. The van der Waals surface area contributed by atoms with Crippen LogP contribution in [0.5, 0.6) is 0 Å². The molecule has 0 bridgehead atoms. The molecule has 0 aliphatic rings. The lowest BCUT2D eigenvalue weighted by Crippen LogP contribution is -2.18. The molecule has 0 saturated carbocycles. The zero-order chi connectivity index (χ0) is 17.6. The number of halogens is 3. The number of rotatable bonds is 7. The minimum atomic E-state index is -4.32. The van der Waals surface area contributed by atoms with Gasteiger partial charge in [-0.3, -0.25) is 10.1 Å². The van der Waals surface area contributed by atoms with E-state index in [2.05, 4.69) is 25.6 Å². The molecule has 6 nitrogen and oxygen atoms in total. The largest absolute Gasteiger partial charge is 0.416 e. The molecule has 1 atom stereocenters. The molecule has 24 heavy (non-hydrogen) atoms. The van der Waals surface area contributed by atoms with E-state index < -0.39 is 11.7 Å². The second-order valence-corrected chi connectivity index (χ2v) is 5.17. The first kappa shape index (κ1) is 17.6. The quantitative estimate of drug-likeness (QED) is 0.758. The maximum absolute atomic E-state index is 12.5. The van der Waals surface area contributed by atoms with Crippen LogP contribution in [0.2, 0.25) is 0 Å². The van der Waals surface area contributed by atoms with Gasteiger partial charge in [-0.1, -0.05) is 12.1 Å². The highest BCUT2D eigenvalue weighted by molar-refractivity contribution is 5.66. The molecule has 9 heteroatoms. The van der Waals surface area contributed by atoms with Gasteiger partial charge in [0.05, 0.1) is 5.56 Å². The Labute approximate surface area is 136 Å². The first-order chi connectivity index (χ1) is 11.4. The van der Waals surface area contributed by atoms with Crippen molar-refractivity contribution in [3.8, 4) is 0 Å². The number of nitrogens with zero attached hydrogens (tertiary/aromatic N) is 3. The van der Waals surface area contributed by atoms with Crippen LogP contribution in [0.4, 0.5) is 25.1 Å². The third kappa shape index (κ3) is 5.18. The number of carbonyl (C=O) groups is 1. The Bertz CT molecular complexity index is 676. The van der Waals surface area contributed by atoms with Gasteiger partial charge in [0.25, 0.3) is 0 Å². The van der Waals surface area contributed by atoms with Gasteiger partial charge in [0.2, 0.25) is 18.3 Å². The number of hydrogen-bond acceptors (Lipinski definition) is 5. The van der Waals surface area contributed by atoms with E-state index in [9.17, 15) is 18.0 Å². The molecular weight excluding hydrogens is 323 g/mol. The lowest BCUT2D eigenvalue weighted by Gasteiger charge is -2.14. The summed E-state index contributed by atoms with van der Waals surface area (Å²) in [6.45, 7) is 1.90. The molecule has 2 N–H and O–H groups in total. The standard InChI is InChI=1S/C15H16F3N5O/c1-10(22-14-20-8-19-13(23-14)21-9-24)2-3-11-4-6-12(7-5-11)15(16,17)18/h4-10H,2-3H2,1H3,(H2,19,20,21,22,23,24). The van der Waals surface area contributed by atoms with Crippen LogP contribution in [0.15, 0.2) is 30.6 Å². The second kappa shape index (κ2) is 7.71. The fourth-order valence-corrected chi connectivity index (χ4v) is 2.02. The molecule has 0 fully saturated rings. The van der Waals surface area contributed by atoms with E-state index in [0.29, 0.717) is 25.2 Å². The molecule has 1 heterocycles. The van der Waals surface area contributed by atoms with Crippen molar-refractivity contribution in [2.45, 2.75) is 32.0 Å². The number of aromatic nitrogens is 3. The zero-order valence-corrected chi connectivity index (χ0v) is 12.8. The third-order valence-electron chi connectivity index (χ3n) is 3.28. The first-order valence-electron chi connectivity index (χ1n) is 7.20. The van der Waals surface area contributed by atoms with Gasteiger partial charge in [0.15, 0.2) is 0 Å². The Morgan fingerprint density at radius 2 is 1.83 bits per heavy atom. The van der Waals surface area contributed by atoms with E-state index in [1.165, 1.54) is 18.5 Å². The minimum absolute atomic E-state index is 0.0150. The summed E-state index contributed by atoms with van der Waals surface area (Å²) in [4.78, 5) is 22.0. The van der Waals surface area contributed by atoms with E-state index >= 15 is 0 Å². The smallest absolute Gasteiger partial charge is 0.352 e. The summed E-state index contributed by atoms with van der Waals surface area (Å²) < 4.78 is 37.5. The van der Waals surface area contributed by atoms with E-state index in [0.717, 1.165) is 17.7 Å². The summed E-state index contributed by atoms with van der Waals surface area (Å²) in [6, 6.07) is 5.10. The molecule has 2 aromatic rings. The normalized spacial score (nSPS) is 12.5. The lowest BCUT2D eigenvalue weighted by atomic mass is 10.0. The first-order valence-corrected chi connectivity index (χ1v) is 7.20. The highest BCUT2D eigenvalue weighted by Gasteiger charge is 2.29. The Hall–Kier alpha value is -2.71. The number of carbonyl (C=O) groups excluding carboxylic acids is 1. The second-order valence-electron chi connectivity index (χ2n) is 5.17. The molecule has 0 aliphatic heterocycles. The van der Waals surface area contributed by atoms with E-state index in [4.69, 9.17) is 0 Å². The van der Waals surface area contributed by atoms with Crippen molar-refractivity contribution in [1.29, 1.82) is 0 Å². The van der Waals surface area contributed by atoms with Crippen LogP contribution in [0, 0.1) is 0 Å². The number of amides is 1. The molecule has 1 aromatic heterocycles. The fourth-order valence-electron chi connectivity index (χ4n) is 2.02. The van der Waals surface area contributed by atoms with Gasteiger partial charge in [0, 0.05) is 6.04 Å². The molecule has 1 amide bonds. The van der Waals surface area contributed by atoms with Crippen molar-refractivity contribution in [3.05, 3.63) is 41.7 Å². The average molecular weight is 339 g/mol. The molecule has 1 unspecified atom stereocenters. The molecule has 0 radical (unpaired) electrons. The van der Waals surface area contributed by atoms with Gasteiger partial charge >= 0.3 is 6.18 Å². The van der Waals surface area contributed by atoms with Gasteiger partial charge < -0.3 is 5.32 Å². The van der Waals surface area contributed by atoms with Gasteiger partial charge in [-0.2, -0.15) is 18.2 Å². The van der Waals surface area contributed by atoms with Crippen molar-refractivity contribution in [1.82, 2.24) is 15.0 Å². The highest BCUT2D eigenvalue weighted by atomic mass is 19.4. The highest BCUT2D eigenvalue weighted by Crippen LogP contribution is 2.29. The van der Waals surface area contributed by atoms with Gasteiger partial charge in [0.1, 0.15) is 6.33 Å². The van der Waals surface area contributed by atoms with Crippen LogP contribution in [0.3, 0.4) is 0 Å². The van der Waals surface area contributed by atoms with Crippen molar-refractivity contribution in [2.75, 3.05) is 10.6 Å². The molecule has 2 rings (SSSR count). The van der Waals surface area contributed by atoms with Gasteiger partial charge in [-0.25, -0.2) is 9.97 Å². The summed E-state index contributed by atoms with van der Waals surface area (Å²) in [7, 11) is 0. The van der Waals surface area contributed by atoms with Crippen LogP contribution in [0.1, 0.15) is 24.5 Å². The molecule has 0 spiro atoms. The molecular formula is C15H16F3N5O. The monoisotopic (exact) mass is 339 g/mol. The van der Waals surface area contributed by atoms with Crippen LogP contribution >= 0.6 is 0 Å². The molecule has 128 valence electrons.